The molecule has 0 radical (unpaired) electrons. The average molecular weight is 1150 g/mol. The average Bonchev–Trinajstić information content (AvgIpc) is 3.50. The molecule has 0 bridgehead atoms. The molecule has 486 valence electrons. The summed E-state index contributed by atoms with van der Waals surface area (Å²) in [6.07, 6.45) is 103. The van der Waals surface area contributed by atoms with E-state index in [1.165, 1.54) is 379 Å². The lowest BCUT2D eigenvalue weighted by Gasteiger charge is -2.19. The highest BCUT2D eigenvalue weighted by molar-refractivity contribution is 5.76. The van der Waals surface area contributed by atoms with Crippen molar-refractivity contribution >= 4 is 5.91 Å². The summed E-state index contributed by atoms with van der Waals surface area (Å²) >= 11 is 0. The summed E-state index contributed by atoms with van der Waals surface area (Å²) in [4.78, 5) is 12.5. The summed E-state index contributed by atoms with van der Waals surface area (Å²) in [5.41, 5.74) is 0. The van der Waals surface area contributed by atoms with Crippen molar-refractivity contribution in [2.75, 3.05) is 6.61 Å². The molecule has 4 nitrogen and oxygen atoms in total. The number of rotatable bonds is 72. The molecule has 0 saturated heterocycles. The molecule has 0 aromatic rings. The van der Waals surface area contributed by atoms with Crippen molar-refractivity contribution in [1.82, 2.24) is 5.32 Å². The Kier molecular flexibility index (Phi) is 72.6. The van der Waals surface area contributed by atoms with E-state index in [-0.39, 0.29) is 12.5 Å². The lowest BCUT2D eigenvalue weighted by Crippen LogP contribution is -2.45. The van der Waals surface area contributed by atoms with Gasteiger partial charge in [0.1, 0.15) is 0 Å². The van der Waals surface area contributed by atoms with Crippen LogP contribution in [0.15, 0.2) is 36.5 Å². The van der Waals surface area contributed by atoms with Crippen molar-refractivity contribution in [3.8, 4) is 0 Å². The van der Waals surface area contributed by atoms with Crippen LogP contribution in [-0.4, -0.2) is 34.9 Å². The van der Waals surface area contributed by atoms with E-state index in [0.29, 0.717) is 6.42 Å². The van der Waals surface area contributed by atoms with Crippen molar-refractivity contribution in [3.05, 3.63) is 36.5 Å². The normalized spacial score (nSPS) is 12.8. The van der Waals surface area contributed by atoms with E-state index < -0.39 is 12.1 Å². The summed E-state index contributed by atoms with van der Waals surface area (Å²) < 4.78 is 0. The number of carbonyl (C=O) groups is 1. The van der Waals surface area contributed by atoms with Crippen LogP contribution in [-0.2, 0) is 4.79 Å². The highest BCUT2D eigenvalue weighted by atomic mass is 16.3. The molecule has 82 heavy (non-hydrogen) atoms. The maximum atomic E-state index is 12.5. The van der Waals surface area contributed by atoms with Crippen LogP contribution in [0.2, 0.25) is 0 Å². The topological polar surface area (TPSA) is 69.6 Å². The number of carbonyl (C=O) groups excluding carboxylic acids is 1. The quantitative estimate of drug-likeness (QED) is 0.0420. The van der Waals surface area contributed by atoms with Crippen molar-refractivity contribution in [3.63, 3.8) is 0 Å². The van der Waals surface area contributed by atoms with Crippen molar-refractivity contribution in [1.29, 1.82) is 0 Å². The molecule has 0 aliphatic heterocycles. The summed E-state index contributed by atoms with van der Waals surface area (Å²) in [6.45, 7) is 4.35. The number of aliphatic hydroxyl groups is 2. The number of allylic oxidation sites excluding steroid dienone is 5. The summed E-state index contributed by atoms with van der Waals surface area (Å²) in [5.74, 6) is -0.0687. The van der Waals surface area contributed by atoms with Gasteiger partial charge in [-0.3, -0.25) is 4.79 Å². The Morgan fingerprint density at radius 1 is 0.280 bits per heavy atom. The molecular formula is C78H151NO3. The van der Waals surface area contributed by atoms with Gasteiger partial charge in [-0.05, 0) is 44.9 Å². The van der Waals surface area contributed by atoms with Gasteiger partial charge in [-0.2, -0.15) is 0 Å². The zero-order valence-electron chi connectivity index (χ0n) is 56.3. The highest BCUT2D eigenvalue weighted by Crippen LogP contribution is 2.20. The zero-order chi connectivity index (χ0) is 59.1. The number of nitrogens with one attached hydrogen (secondary N) is 1. The monoisotopic (exact) mass is 1150 g/mol. The minimum Gasteiger partial charge on any atom is -0.394 e. The van der Waals surface area contributed by atoms with Crippen LogP contribution < -0.4 is 5.32 Å². The largest absolute Gasteiger partial charge is 0.394 e. The Morgan fingerprint density at radius 2 is 0.476 bits per heavy atom. The maximum Gasteiger partial charge on any atom is 0.220 e. The SMILES string of the molecule is CCCCCCCCCCCCCCCCCCCCC/C=C/CC/C=C/CC/C=C/C(O)C(CO)NC(=O)CCCCCCCCCCCCCCCCCCCCCCCCCCCCCCCCCCCCCCCCCCC. The van der Waals surface area contributed by atoms with Crippen LogP contribution in [0.1, 0.15) is 438 Å². The molecule has 0 saturated carbocycles. The van der Waals surface area contributed by atoms with Crippen molar-refractivity contribution in [2.24, 2.45) is 0 Å². The maximum absolute atomic E-state index is 12.5. The van der Waals surface area contributed by atoms with Gasteiger partial charge in [-0.25, -0.2) is 0 Å². The molecule has 2 unspecified atom stereocenters. The molecule has 0 fully saturated rings. The van der Waals surface area contributed by atoms with E-state index in [4.69, 9.17) is 0 Å². The van der Waals surface area contributed by atoms with Crippen LogP contribution in [0.4, 0.5) is 0 Å². The number of hydrogen-bond acceptors (Lipinski definition) is 3. The first-order valence-electron chi connectivity index (χ1n) is 38.2. The fourth-order valence-corrected chi connectivity index (χ4v) is 12.3. The lowest BCUT2D eigenvalue weighted by atomic mass is 10.0. The smallest absolute Gasteiger partial charge is 0.220 e. The van der Waals surface area contributed by atoms with Gasteiger partial charge in [-0.15, -0.1) is 0 Å². The van der Waals surface area contributed by atoms with E-state index in [1.54, 1.807) is 6.08 Å². The molecule has 0 rings (SSSR count). The Labute approximate surface area is 516 Å². The van der Waals surface area contributed by atoms with E-state index in [1.807, 2.05) is 6.08 Å². The zero-order valence-corrected chi connectivity index (χ0v) is 56.3. The summed E-state index contributed by atoms with van der Waals surface area (Å²) in [6, 6.07) is -0.646. The van der Waals surface area contributed by atoms with Crippen LogP contribution >= 0.6 is 0 Å². The van der Waals surface area contributed by atoms with E-state index >= 15 is 0 Å². The minimum atomic E-state index is -0.871. The Morgan fingerprint density at radius 3 is 0.707 bits per heavy atom. The van der Waals surface area contributed by atoms with E-state index in [2.05, 4.69) is 43.5 Å². The van der Waals surface area contributed by atoms with Crippen molar-refractivity contribution < 1.29 is 15.0 Å². The van der Waals surface area contributed by atoms with Gasteiger partial charge in [0.15, 0.2) is 0 Å². The Bertz CT molecular complexity index is 1260. The molecule has 0 aliphatic carbocycles. The first kappa shape index (κ1) is 80.6. The highest BCUT2D eigenvalue weighted by Gasteiger charge is 2.18. The third kappa shape index (κ3) is 69.4. The fraction of sp³-hybridized carbons (Fsp3) is 0.910. The molecule has 0 aliphatic rings. The van der Waals surface area contributed by atoms with Gasteiger partial charge in [-0.1, -0.05) is 423 Å². The van der Waals surface area contributed by atoms with Gasteiger partial charge in [0.05, 0.1) is 18.8 Å². The molecule has 0 spiro atoms. The van der Waals surface area contributed by atoms with Gasteiger partial charge >= 0.3 is 0 Å². The van der Waals surface area contributed by atoms with Crippen LogP contribution in [0, 0.1) is 0 Å². The molecule has 0 aromatic carbocycles. The summed E-state index contributed by atoms with van der Waals surface area (Å²) in [5, 5.41) is 23.3. The third-order valence-corrected chi connectivity index (χ3v) is 18.1. The van der Waals surface area contributed by atoms with E-state index in [0.717, 1.165) is 38.5 Å². The second kappa shape index (κ2) is 73.9. The molecular weight excluding hydrogens is 999 g/mol. The van der Waals surface area contributed by atoms with Crippen molar-refractivity contribution in [2.45, 2.75) is 450 Å². The second-order valence-corrected chi connectivity index (χ2v) is 26.4. The fourth-order valence-electron chi connectivity index (χ4n) is 12.3. The Balaban J connectivity index is 3.41. The van der Waals surface area contributed by atoms with Gasteiger partial charge in [0.2, 0.25) is 5.91 Å². The molecule has 1 amide bonds. The summed E-state index contributed by atoms with van der Waals surface area (Å²) in [7, 11) is 0. The molecule has 2 atom stereocenters. The molecule has 3 N–H and O–H groups in total. The first-order valence-corrected chi connectivity index (χ1v) is 38.2. The molecule has 0 aromatic heterocycles. The number of amides is 1. The number of aliphatic hydroxyl groups excluding tert-OH is 2. The predicted molar refractivity (Wildman–Crippen MR) is 369 cm³/mol. The second-order valence-electron chi connectivity index (χ2n) is 26.4. The van der Waals surface area contributed by atoms with Gasteiger partial charge in [0.25, 0.3) is 0 Å². The minimum absolute atomic E-state index is 0.0687. The molecule has 4 heteroatoms. The van der Waals surface area contributed by atoms with Crippen LogP contribution in [0.25, 0.3) is 0 Å². The van der Waals surface area contributed by atoms with Gasteiger partial charge < -0.3 is 15.5 Å². The standard InChI is InChI=1S/C78H151NO3/c1-3-5-7-9-11-13-15-17-19-21-23-25-27-29-31-33-34-35-36-37-38-39-40-41-42-43-44-46-48-50-52-54-56-58-60-62-64-66-68-70-72-74-78(82)79-76(75-80)77(81)73-71-69-67-65-63-61-59-57-55-53-51-49-47-45-32-30-28-26-24-22-20-18-16-14-12-10-8-6-4-2/h55,57,63,65,71,73,76-77,80-81H,3-54,56,58-62,64,66-70,72,74-75H2,1-2H3,(H,79,82)/b57-55+,65-63+,73-71+. The first-order chi connectivity index (χ1) is 40.7. The lowest BCUT2D eigenvalue weighted by molar-refractivity contribution is -0.123. The molecule has 0 heterocycles. The number of unbranched alkanes of at least 4 members (excludes halogenated alkanes) is 61. The predicted octanol–water partition coefficient (Wildman–Crippen LogP) is 26.3. The van der Waals surface area contributed by atoms with E-state index in [9.17, 15) is 15.0 Å². The number of hydrogen-bond donors (Lipinski definition) is 3. The van der Waals surface area contributed by atoms with Gasteiger partial charge in [0, 0.05) is 6.42 Å². The van der Waals surface area contributed by atoms with Crippen LogP contribution in [0.5, 0.6) is 0 Å². The Hall–Kier alpha value is -1.39. The van der Waals surface area contributed by atoms with Crippen LogP contribution in [0.3, 0.4) is 0 Å². The third-order valence-electron chi connectivity index (χ3n) is 18.1.